The minimum atomic E-state index is 0.507. The van der Waals surface area contributed by atoms with Crippen molar-refractivity contribution in [3.63, 3.8) is 0 Å². The summed E-state index contributed by atoms with van der Waals surface area (Å²) in [6.45, 7) is 2.94. The Bertz CT molecular complexity index is 491. The Balaban J connectivity index is 2.69. The number of nitrogens with zero attached hydrogens (tertiary/aromatic N) is 3. The molecule has 0 spiro atoms. The molecule has 0 aliphatic heterocycles. The van der Waals surface area contributed by atoms with Crippen LogP contribution in [0.1, 0.15) is 19.2 Å². The first kappa shape index (κ1) is 8.76. The molecule has 1 heterocycles. The summed E-state index contributed by atoms with van der Waals surface area (Å²) in [4.78, 5) is 4.25. The molecular weight excluding hydrogens is 174 g/mol. The van der Waals surface area contributed by atoms with Crippen LogP contribution in [0.25, 0.3) is 11.0 Å². The van der Waals surface area contributed by atoms with Crippen molar-refractivity contribution in [2.24, 2.45) is 0 Å². The van der Waals surface area contributed by atoms with E-state index in [0.717, 1.165) is 24.0 Å². The van der Waals surface area contributed by atoms with Gasteiger partial charge in [-0.15, -0.1) is 0 Å². The monoisotopic (exact) mass is 185 g/mol. The molecule has 0 aliphatic carbocycles. The summed E-state index contributed by atoms with van der Waals surface area (Å²) < 4.78 is 1.97. The van der Waals surface area contributed by atoms with Gasteiger partial charge in [-0.2, -0.15) is 5.26 Å². The average Bonchev–Trinajstić information content (AvgIpc) is 2.58. The number of benzene rings is 1. The lowest BCUT2D eigenvalue weighted by atomic mass is 10.3. The van der Waals surface area contributed by atoms with Crippen LogP contribution in [0.5, 0.6) is 0 Å². The number of imidazole rings is 1. The van der Waals surface area contributed by atoms with E-state index in [9.17, 15) is 0 Å². The maximum absolute atomic E-state index is 8.91. The van der Waals surface area contributed by atoms with Crippen molar-refractivity contribution in [3.05, 3.63) is 30.1 Å². The van der Waals surface area contributed by atoms with E-state index in [2.05, 4.69) is 18.0 Å². The minimum Gasteiger partial charge on any atom is -0.316 e. The van der Waals surface area contributed by atoms with Gasteiger partial charge in [-0.25, -0.2) is 4.98 Å². The first-order valence-corrected chi connectivity index (χ1v) is 4.72. The second-order valence-electron chi connectivity index (χ2n) is 3.19. The SMILES string of the molecule is CCCn1c(C#N)nc2ccccc21. The molecule has 3 nitrogen and oxygen atoms in total. The summed E-state index contributed by atoms with van der Waals surface area (Å²) in [6.07, 6.45) is 1.01. The zero-order valence-corrected chi connectivity index (χ0v) is 8.07. The minimum absolute atomic E-state index is 0.507. The smallest absolute Gasteiger partial charge is 0.213 e. The van der Waals surface area contributed by atoms with Gasteiger partial charge < -0.3 is 4.57 Å². The molecule has 0 N–H and O–H groups in total. The standard InChI is InChI=1S/C11H11N3/c1-2-7-14-10-6-4-3-5-9(10)13-11(14)8-12/h3-6H,2,7H2,1H3. The van der Waals surface area contributed by atoms with Crippen molar-refractivity contribution in [3.8, 4) is 6.07 Å². The summed E-state index contributed by atoms with van der Waals surface area (Å²) in [5.41, 5.74) is 1.95. The van der Waals surface area contributed by atoms with Crippen LogP contribution in [0.2, 0.25) is 0 Å². The van der Waals surface area contributed by atoms with E-state index in [1.54, 1.807) is 0 Å². The number of aryl methyl sites for hydroxylation is 1. The fraction of sp³-hybridized carbons (Fsp3) is 0.273. The number of rotatable bonds is 2. The normalized spacial score (nSPS) is 10.3. The van der Waals surface area contributed by atoms with Crippen molar-refractivity contribution in [1.29, 1.82) is 5.26 Å². The van der Waals surface area contributed by atoms with Crippen LogP contribution in [0.3, 0.4) is 0 Å². The van der Waals surface area contributed by atoms with Gasteiger partial charge in [-0.1, -0.05) is 19.1 Å². The molecule has 2 rings (SSSR count). The maximum Gasteiger partial charge on any atom is 0.213 e. The van der Waals surface area contributed by atoms with E-state index in [-0.39, 0.29) is 0 Å². The molecule has 70 valence electrons. The van der Waals surface area contributed by atoms with E-state index < -0.39 is 0 Å². The second-order valence-corrected chi connectivity index (χ2v) is 3.19. The Morgan fingerprint density at radius 1 is 1.43 bits per heavy atom. The van der Waals surface area contributed by atoms with Crippen LogP contribution in [-0.2, 0) is 6.54 Å². The van der Waals surface area contributed by atoms with E-state index >= 15 is 0 Å². The molecule has 0 fully saturated rings. The summed E-state index contributed by atoms with van der Waals surface area (Å²) in [6, 6.07) is 9.96. The van der Waals surface area contributed by atoms with Gasteiger partial charge in [0.05, 0.1) is 11.0 Å². The lowest BCUT2D eigenvalue weighted by Crippen LogP contribution is -1.99. The van der Waals surface area contributed by atoms with E-state index in [1.165, 1.54) is 0 Å². The van der Waals surface area contributed by atoms with Crippen molar-refractivity contribution in [1.82, 2.24) is 9.55 Å². The van der Waals surface area contributed by atoms with Gasteiger partial charge in [0.1, 0.15) is 6.07 Å². The van der Waals surface area contributed by atoms with Gasteiger partial charge in [0, 0.05) is 6.54 Å². The van der Waals surface area contributed by atoms with Crippen molar-refractivity contribution in [2.45, 2.75) is 19.9 Å². The predicted octanol–water partition coefficient (Wildman–Crippen LogP) is 2.32. The number of aromatic nitrogens is 2. The number of hydrogen-bond acceptors (Lipinski definition) is 2. The van der Waals surface area contributed by atoms with Crippen molar-refractivity contribution >= 4 is 11.0 Å². The highest BCUT2D eigenvalue weighted by Crippen LogP contribution is 2.15. The van der Waals surface area contributed by atoms with Gasteiger partial charge in [-0.05, 0) is 18.6 Å². The molecule has 1 aromatic heterocycles. The highest BCUT2D eigenvalue weighted by Gasteiger charge is 2.07. The molecule has 0 atom stereocenters. The third kappa shape index (κ3) is 1.25. The quantitative estimate of drug-likeness (QED) is 0.720. The van der Waals surface area contributed by atoms with Gasteiger partial charge >= 0.3 is 0 Å². The Morgan fingerprint density at radius 3 is 2.93 bits per heavy atom. The summed E-state index contributed by atoms with van der Waals surface area (Å²) in [5.74, 6) is 0.507. The Kier molecular flexibility index (Phi) is 2.19. The summed E-state index contributed by atoms with van der Waals surface area (Å²) in [7, 11) is 0. The molecule has 0 saturated carbocycles. The van der Waals surface area contributed by atoms with Gasteiger partial charge in [0.15, 0.2) is 0 Å². The summed E-state index contributed by atoms with van der Waals surface area (Å²) >= 11 is 0. The zero-order valence-electron chi connectivity index (χ0n) is 8.07. The highest BCUT2D eigenvalue weighted by molar-refractivity contribution is 5.76. The van der Waals surface area contributed by atoms with E-state index in [0.29, 0.717) is 5.82 Å². The lowest BCUT2D eigenvalue weighted by molar-refractivity contribution is 0.688. The Labute approximate surface area is 82.6 Å². The average molecular weight is 185 g/mol. The molecule has 0 amide bonds. The van der Waals surface area contributed by atoms with Crippen LogP contribution in [0, 0.1) is 11.3 Å². The highest BCUT2D eigenvalue weighted by atomic mass is 15.1. The maximum atomic E-state index is 8.91. The third-order valence-corrected chi connectivity index (χ3v) is 2.20. The largest absolute Gasteiger partial charge is 0.316 e. The molecule has 0 unspecified atom stereocenters. The number of nitriles is 1. The predicted molar refractivity (Wildman–Crippen MR) is 54.7 cm³/mol. The molecule has 0 radical (unpaired) electrons. The van der Waals surface area contributed by atoms with Crippen molar-refractivity contribution < 1.29 is 0 Å². The lowest BCUT2D eigenvalue weighted by Gasteiger charge is -2.01. The third-order valence-electron chi connectivity index (χ3n) is 2.20. The molecule has 14 heavy (non-hydrogen) atoms. The van der Waals surface area contributed by atoms with Crippen LogP contribution < -0.4 is 0 Å². The molecule has 1 aromatic carbocycles. The fourth-order valence-electron chi connectivity index (χ4n) is 1.61. The van der Waals surface area contributed by atoms with Gasteiger partial charge in [0.25, 0.3) is 0 Å². The van der Waals surface area contributed by atoms with Gasteiger partial charge in [0.2, 0.25) is 5.82 Å². The first-order valence-electron chi connectivity index (χ1n) is 4.72. The summed E-state index contributed by atoms with van der Waals surface area (Å²) in [5, 5.41) is 8.91. The topological polar surface area (TPSA) is 41.6 Å². The molecular formula is C11H11N3. The Morgan fingerprint density at radius 2 is 2.21 bits per heavy atom. The van der Waals surface area contributed by atoms with Crippen LogP contribution in [0.15, 0.2) is 24.3 Å². The van der Waals surface area contributed by atoms with E-state index in [4.69, 9.17) is 5.26 Å². The molecule has 3 heteroatoms. The molecule has 2 aromatic rings. The van der Waals surface area contributed by atoms with Crippen LogP contribution in [0.4, 0.5) is 0 Å². The van der Waals surface area contributed by atoms with E-state index in [1.807, 2.05) is 28.8 Å². The molecule has 0 aliphatic rings. The number of fused-ring (bicyclic) bond motifs is 1. The number of para-hydroxylation sites is 2. The fourth-order valence-corrected chi connectivity index (χ4v) is 1.61. The van der Waals surface area contributed by atoms with Crippen molar-refractivity contribution in [2.75, 3.05) is 0 Å². The Hall–Kier alpha value is -1.82. The zero-order chi connectivity index (χ0) is 9.97. The van der Waals surface area contributed by atoms with Crippen LogP contribution >= 0.6 is 0 Å². The molecule has 0 bridgehead atoms. The molecule has 0 saturated heterocycles. The first-order chi connectivity index (χ1) is 6.86. The van der Waals surface area contributed by atoms with Crippen LogP contribution in [-0.4, -0.2) is 9.55 Å². The number of hydrogen-bond donors (Lipinski definition) is 0. The van der Waals surface area contributed by atoms with Gasteiger partial charge in [-0.3, -0.25) is 0 Å². The second kappa shape index (κ2) is 3.51.